The minimum Gasteiger partial charge on any atom is -0.473 e. The van der Waals surface area contributed by atoms with Crippen LogP contribution >= 0.6 is 15.9 Å². The van der Waals surface area contributed by atoms with Crippen LogP contribution in [-0.2, 0) is 0 Å². The summed E-state index contributed by atoms with van der Waals surface area (Å²) in [5.74, 6) is 2.04. The van der Waals surface area contributed by atoms with Gasteiger partial charge in [0.25, 0.3) is 0 Å². The fraction of sp³-hybridized carbons (Fsp3) is 0.250. The molecule has 1 aromatic carbocycles. The van der Waals surface area contributed by atoms with Crippen molar-refractivity contribution in [1.82, 2.24) is 9.97 Å². The molecule has 1 aliphatic rings. The SMILES string of the molecule is Brc1cc(OC/C=C/c2ccccc2)nc(C2CC2)n1. The van der Waals surface area contributed by atoms with Crippen LogP contribution in [-0.4, -0.2) is 16.6 Å². The molecule has 0 radical (unpaired) electrons. The molecule has 2 aromatic rings. The molecule has 1 heterocycles. The molecule has 4 heteroatoms. The number of nitrogens with zero attached hydrogens (tertiary/aromatic N) is 2. The van der Waals surface area contributed by atoms with Crippen molar-refractivity contribution in [2.45, 2.75) is 18.8 Å². The molecule has 3 nitrogen and oxygen atoms in total. The Kier molecular flexibility index (Phi) is 4.11. The Morgan fingerprint density at radius 2 is 2.00 bits per heavy atom. The summed E-state index contributed by atoms with van der Waals surface area (Å²) in [6.07, 6.45) is 6.40. The summed E-state index contributed by atoms with van der Waals surface area (Å²) in [5.41, 5.74) is 1.17. The van der Waals surface area contributed by atoms with Gasteiger partial charge in [-0.05, 0) is 40.4 Å². The van der Waals surface area contributed by atoms with E-state index in [-0.39, 0.29) is 0 Å². The Morgan fingerprint density at radius 3 is 2.75 bits per heavy atom. The second-order valence-corrected chi connectivity index (χ2v) is 5.60. The van der Waals surface area contributed by atoms with Crippen LogP contribution in [0.5, 0.6) is 5.88 Å². The average Bonchev–Trinajstić information content (AvgIpc) is 3.29. The van der Waals surface area contributed by atoms with E-state index in [1.54, 1.807) is 0 Å². The van der Waals surface area contributed by atoms with E-state index in [1.807, 2.05) is 36.4 Å². The molecule has 0 atom stereocenters. The van der Waals surface area contributed by atoms with Crippen molar-refractivity contribution >= 4 is 22.0 Å². The number of ether oxygens (including phenoxy) is 1. The van der Waals surface area contributed by atoms with Gasteiger partial charge in [0.1, 0.15) is 17.0 Å². The average molecular weight is 331 g/mol. The van der Waals surface area contributed by atoms with Gasteiger partial charge in [0, 0.05) is 12.0 Å². The Hall–Kier alpha value is -1.68. The van der Waals surface area contributed by atoms with Gasteiger partial charge < -0.3 is 4.74 Å². The lowest BCUT2D eigenvalue weighted by Gasteiger charge is -2.05. The van der Waals surface area contributed by atoms with Crippen LogP contribution in [0.25, 0.3) is 6.08 Å². The van der Waals surface area contributed by atoms with Crippen molar-refractivity contribution in [2.24, 2.45) is 0 Å². The van der Waals surface area contributed by atoms with Gasteiger partial charge in [0.15, 0.2) is 0 Å². The standard InChI is InChI=1S/C16H15BrN2O/c17-14-11-15(19-16(18-14)13-8-9-13)20-10-4-7-12-5-2-1-3-6-12/h1-7,11,13H,8-10H2/b7-4+. The second-order valence-electron chi connectivity index (χ2n) is 4.79. The molecular formula is C16H15BrN2O. The van der Waals surface area contributed by atoms with Gasteiger partial charge in [-0.25, -0.2) is 4.98 Å². The fourth-order valence-electron chi connectivity index (χ4n) is 1.89. The highest BCUT2D eigenvalue weighted by molar-refractivity contribution is 9.10. The van der Waals surface area contributed by atoms with E-state index in [0.29, 0.717) is 18.4 Å². The Balaban J connectivity index is 1.59. The quantitative estimate of drug-likeness (QED) is 0.770. The zero-order chi connectivity index (χ0) is 13.8. The predicted octanol–water partition coefficient (Wildman–Crippen LogP) is 4.21. The largest absolute Gasteiger partial charge is 0.473 e. The number of rotatable bonds is 5. The van der Waals surface area contributed by atoms with E-state index < -0.39 is 0 Å². The third-order valence-electron chi connectivity index (χ3n) is 3.07. The minimum atomic E-state index is 0.502. The third-order valence-corrected chi connectivity index (χ3v) is 3.47. The fourth-order valence-corrected chi connectivity index (χ4v) is 2.27. The minimum absolute atomic E-state index is 0.502. The first kappa shape index (κ1) is 13.3. The van der Waals surface area contributed by atoms with Crippen LogP contribution in [0.2, 0.25) is 0 Å². The highest BCUT2D eigenvalue weighted by Gasteiger charge is 2.27. The summed E-state index contributed by atoms with van der Waals surface area (Å²) in [6, 6.07) is 12.0. The molecule has 0 spiro atoms. The van der Waals surface area contributed by atoms with E-state index in [0.717, 1.165) is 10.4 Å². The maximum absolute atomic E-state index is 5.66. The van der Waals surface area contributed by atoms with Gasteiger partial charge in [-0.15, -0.1) is 0 Å². The van der Waals surface area contributed by atoms with Crippen molar-refractivity contribution in [3.8, 4) is 5.88 Å². The molecule has 3 rings (SSSR count). The van der Waals surface area contributed by atoms with Crippen LogP contribution in [0.1, 0.15) is 30.1 Å². The summed E-state index contributed by atoms with van der Waals surface area (Å²) in [5, 5.41) is 0. The number of halogens is 1. The summed E-state index contributed by atoms with van der Waals surface area (Å²) in [4.78, 5) is 8.82. The van der Waals surface area contributed by atoms with Crippen LogP contribution in [0.4, 0.5) is 0 Å². The van der Waals surface area contributed by atoms with E-state index in [9.17, 15) is 0 Å². The van der Waals surface area contributed by atoms with Crippen LogP contribution in [0.3, 0.4) is 0 Å². The van der Waals surface area contributed by atoms with E-state index in [4.69, 9.17) is 4.74 Å². The Bertz CT molecular complexity index is 609. The molecule has 1 saturated carbocycles. The molecule has 0 N–H and O–H groups in total. The maximum atomic E-state index is 5.66. The molecular weight excluding hydrogens is 316 g/mol. The number of aromatic nitrogens is 2. The first-order valence-electron chi connectivity index (χ1n) is 6.70. The van der Waals surface area contributed by atoms with Crippen molar-refractivity contribution < 1.29 is 4.74 Å². The van der Waals surface area contributed by atoms with Gasteiger partial charge in [-0.3, -0.25) is 0 Å². The first-order chi connectivity index (χ1) is 9.81. The highest BCUT2D eigenvalue weighted by atomic mass is 79.9. The Morgan fingerprint density at radius 1 is 1.20 bits per heavy atom. The van der Waals surface area contributed by atoms with Crippen molar-refractivity contribution in [2.75, 3.05) is 6.61 Å². The number of benzene rings is 1. The first-order valence-corrected chi connectivity index (χ1v) is 7.49. The van der Waals surface area contributed by atoms with Crippen molar-refractivity contribution in [3.63, 3.8) is 0 Å². The second kappa shape index (κ2) is 6.18. The van der Waals surface area contributed by atoms with E-state index >= 15 is 0 Å². The molecule has 102 valence electrons. The molecule has 1 fully saturated rings. The highest BCUT2D eigenvalue weighted by Crippen LogP contribution is 2.39. The summed E-state index contributed by atoms with van der Waals surface area (Å²) in [6.45, 7) is 0.502. The number of hydrogen-bond acceptors (Lipinski definition) is 3. The lowest BCUT2D eigenvalue weighted by molar-refractivity contribution is 0.346. The zero-order valence-electron chi connectivity index (χ0n) is 11.0. The van der Waals surface area contributed by atoms with E-state index in [1.165, 1.54) is 18.4 Å². The van der Waals surface area contributed by atoms with Crippen molar-refractivity contribution in [3.05, 3.63) is 58.5 Å². The topological polar surface area (TPSA) is 35.0 Å². The van der Waals surface area contributed by atoms with E-state index in [2.05, 4.69) is 38.0 Å². The van der Waals surface area contributed by atoms with Crippen molar-refractivity contribution in [1.29, 1.82) is 0 Å². The van der Waals surface area contributed by atoms with Gasteiger partial charge in [0.05, 0.1) is 0 Å². The summed E-state index contributed by atoms with van der Waals surface area (Å²) >= 11 is 3.41. The molecule has 0 bridgehead atoms. The van der Waals surface area contributed by atoms with Gasteiger partial charge in [-0.1, -0.05) is 36.4 Å². The maximum Gasteiger partial charge on any atom is 0.218 e. The molecule has 0 saturated heterocycles. The summed E-state index contributed by atoms with van der Waals surface area (Å²) < 4.78 is 6.45. The molecule has 20 heavy (non-hydrogen) atoms. The molecule has 1 aromatic heterocycles. The molecule has 0 aliphatic heterocycles. The molecule has 1 aliphatic carbocycles. The van der Waals surface area contributed by atoms with Crippen LogP contribution in [0.15, 0.2) is 47.1 Å². The van der Waals surface area contributed by atoms with Crippen LogP contribution < -0.4 is 4.74 Å². The summed E-state index contributed by atoms with van der Waals surface area (Å²) in [7, 11) is 0. The lowest BCUT2D eigenvalue weighted by atomic mass is 10.2. The molecule has 0 unspecified atom stereocenters. The normalized spacial score (nSPS) is 14.7. The van der Waals surface area contributed by atoms with Gasteiger partial charge >= 0.3 is 0 Å². The Labute approximate surface area is 126 Å². The van der Waals surface area contributed by atoms with Crippen LogP contribution in [0, 0.1) is 0 Å². The third kappa shape index (κ3) is 3.67. The molecule has 0 amide bonds. The smallest absolute Gasteiger partial charge is 0.218 e. The zero-order valence-corrected chi connectivity index (χ0v) is 12.6. The van der Waals surface area contributed by atoms with Gasteiger partial charge in [-0.2, -0.15) is 4.98 Å². The van der Waals surface area contributed by atoms with Gasteiger partial charge in [0.2, 0.25) is 5.88 Å². The lowest BCUT2D eigenvalue weighted by Crippen LogP contribution is -2.00. The predicted molar refractivity (Wildman–Crippen MR) is 82.7 cm³/mol. The number of hydrogen-bond donors (Lipinski definition) is 0. The monoisotopic (exact) mass is 330 g/mol.